The normalized spacial score (nSPS) is 11.6. The molecular formula is C28H24Cl2F2N2O4S. The van der Waals surface area contributed by atoms with Crippen LogP contribution in [0.5, 0.6) is 0 Å². The number of benzene rings is 2. The molecule has 0 fully saturated rings. The third kappa shape index (κ3) is 6.32. The monoisotopic (exact) mass is 592 g/mol. The SMILES string of the molecule is CC(C)(C)OC(=O)c1c(-c2nc3ccccc3n2C(F)F)csc1CC(=O)c1cc2ccccc2o1.ClCCl. The van der Waals surface area contributed by atoms with Gasteiger partial charge in [0.2, 0.25) is 5.78 Å². The molecule has 6 nitrogen and oxygen atoms in total. The largest absolute Gasteiger partial charge is 0.456 e. The van der Waals surface area contributed by atoms with Gasteiger partial charge in [0.15, 0.2) is 5.76 Å². The summed E-state index contributed by atoms with van der Waals surface area (Å²) >= 11 is 10.7. The first-order valence-electron chi connectivity index (χ1n) is 11.8. The summed E-state index contributed by atoms with van der Waals surface area (Å²) in [5.41, 5.74) is 0.595. The molecule has 0 aliphatic heterocycles. The smallest absolute Gasteiger partial charge is 0.340 e. The predicted octanol–water partition coefficient (Wildman–Crippen LogP) is 8.71. The number of fused-ring (bicyclic) bond motifs is 2. The molecule has 0 unspecified atom stereocenters. The highest BCUT2D eigenvalue weighted by Gasteiger charge is 2.30. The molecule has 0 radical (unpaired) electrons. The Bertz CT molecular complexity index is 1600. The van der Waals surface area contributed by atoms with Crippen molar-refractivity contribution in [2.45, 2.75) is 39.3 Å². The molecule has 0 aliphatic rings. The number of alkyl halides is 4. The molecule has 0 bridgehead atoms. The van der Waals surface area contributed by atoms with E-state index in [4.69, 9.17) is 32.4 Å². The Labute approximate surface area is 237 Å². The number of thiophene rings is 1. The third-order valence-electron chi connectivity index (χ3n) is 5.52. The number of ketones is 1. The van der Waals surface area contributed by atoms with Crippen molar-refractivity contribution in [1.82, 2.24) is 9.55 Å². The van der Waals surface area contributed by atoms with Gasteiger partial charge < -0.3 is 9.15 Å². The van der Waals surface area contributed by atoms with Gasteiger partial charge in [-0.2, -0.15) is 8.78 Å². The standard InChI is InChI=1S/C27H22F2N2O4S.CH2Cl2/c1-27(2,3)35-25(33)23-16(24-30-17-9-5-6-10-18(17)31(24)26(28)29)14-36-22(23)13-19(32)21-12-15-8-4-7-11-20(15)34-21;2-1-3/h4-12,14,26H,13H2,1-3H3;1H2. The lowest BCUT2D eigenvalue weighted by Gasteiger charge is -2.20. The van der Waals surface area contributed by atoms with Crippen LogP contribution in [0.1, 0.15) is 53.1 Å². The molecule has 11 heteroatoms. The molecular weight excluding hydrogens is 569 g/mol. The number of imidazole rings is 1. The summed E-state index contributed by atoms with van der Waals surface area (Å²) in [6, 6.07) is 15.4. The van der Waals surface area contributed by atoms with E-state index in [1.54, 1.807) is 68.6 Å². The number of furan rings is 1. The number of carbonyl (C=O) groups is 2. The number of hydrogen-bond donors (Lipinski definition) is 0. The van der Waals surface area contributed by atoms with E-state index in [1.165, 1.54) is 0 Å². The van der Waals surface area contributed by atoms with Crippen molar-refractivity contribution in [2.75, 3.05) is 5.34 Å². The number of aromatic nitrogens is 2. The van der Waals surface area contributed by atoms with Crippen molar-refractivity contribution >= 4 is 68.3 Å². The van der Waals surface area contributed by atoms with Crippen LogP contribution < -0.4 is 0 Å². The Kier molecular flexibility index (Phi) is 8.73. The van der Waals surface area contributed by atoms with Gasteiger partial charge in [0.1, 0.15) is 17.0 Å². The second kappa shape index (κ2) is 11.9. The molecule has 2 aromatic carbocycles. The van der Waals surface area contributed by atoms with Gasteiger partial charge in [-0.15, -0.1) is 34.5 Å². The zero-order chi connectivity index (χ0) is 28.3. The number of ether oxygens (including phenoxy) is 1. The van der Waals surface area contributed by atoms with Crippen molar-refractivity contribution in [3.05, 3.63) is 76.2 Å². The van der Waals surface area contributed by atoms with Crippen molar-refractivity contribution in [3.63, 3.8) is 0 Å². The zero-order valence-electron chi connectivity index (χ0n) is 21.2. The maximum Gasteiger partial charge on any atom is 0.340 e. The van der Waals surface area contributed by atoms with Gasteiger partial charge in [0.05, 0.1) is 21.9 Å². The molecule has 3 aromatic heterocycles. The van der Waals surface area contributed by atoms with Gasteiger partial charge in [-0.25, -0.2) is 9.78 Å². The van der Waals surface area contributed by atoms with E-state index in [1.807, 2.05) is 12.1 Å². The summed E-state index contributed by atoms with van der Waals surface area (Å²) in [5.74, 6) is -0.961. The molecule has 0 spiro atoms. The van der Waals surface area contributed by atoms with Crippen LogP contribution in [0.15, 0.2) is 64.4 Å². The average molecular weight is 593 g/mol. The number of para-hydroxylation sites is 3. The highest BCUT2D eigenvalue weighted by Crippen LogP contribution is 2.37. The lowest BCUT2D eigenvalue weighted by atomic mass is 10.1. The van der Waals surface area contributed by atoms with Crippen LogP contribution in [0.4, 0.5) is 8.78 Å². The lowest BCUT2D eigenvalue weighted by molar-refractivity contribution is 0.00695. The fourth-order valence-corrected chi connectivity index (χ4v) is 5.04. The molecule has 39 heavy (non-hydrogen) atoms. The van der Waals surface area contributed by atoms with E-state index in [0.29, 0.717) is 16.0 Å². The first-order valence-corrected chi connectivity index (χ1v) is 13.7. The molecule has 5 rings (SSSR count). The third-order valence-corrected chi connectivity index (χ3v) is 6.51. The minimum absolute atomic E-state index is 0.0524. The van der Waals surface area contributed by atoms with Gasteiger partial charge in [-0.1, -0.05) is 30.3 Å². The van der Waals surface area contributed by atoms with Crippen molar-refractivity contribution in [2.24, 2.45) is 0 Å². The van der Waals surface area contributed by atoms with Crippen LogP contribution >= 0.6 is 34.5 Å². The van der Waals surface area contributed by atoms with E-state index in [0.717, 1.165) is 21.3 Å². The Morgan fingerprint density at radius 2 is 1.77 bits per heavy atom. The van der Waals surface area contributed by atoms with Crippen LogP contribution in [0.3, 0.4) is 0 Å². The van der Waals surface area contributed by atoms with E-state index >= 15 is 0 Å². The molecule has 3 heterocycles. The van der Waals surface area contributed by atoms with Crippen molar-refractivity contribution in [3.8, 4) is 11.4 Å². The van der Waals surface area contributed by atoms with Gasteiger partial charge in [0.25, 0.3) is 0 Å². The lowest BCUT2D eigenvalue weighted by Crippen LogP contribution is -2.25. The molecule has 5 aromatic rings. The van der Waals surface area contributed by atoms with Crippen LogP contribution in [0.25, 0.3) is 33.4 Å². The summed E-state index contributed by atoms with van der Waals surface area (Å²) < 4.78 is 40.4. The topological polar surface area (TPSA) is 74.3 Å². The van der Waals surface area contributed by atoms with Crippen molar-refractivity contribution in [1.29, 1.82) is 0 Å². The van der Waals surface area contributed by atoms with E-state index in [9.17, 15) is 18.4 Å². The van der Waals surface area contributed by atoms with Gasteiger partial charge in [-0.05, 0) is 45.0 Å². The predicted molar refractivity (Wildman–Crippen MR) is 150 cm³/mol. The van der Waals surface area contributed by atoms with Crippen LogP contribution in [0, 0.1) is 0 Å². The quantitative estimate of drug-likeness (QED) is 0.112. The second-order valence-corrected chi connectivity index (χ2v) is 11.1. The molecule has 0 N–H and O–H groups in total. The summed E-state index contributed by atoms with van der Waals surface area (Å²) in [4.78, 5) is 31.2. The van der Waals surface area contributed by atoms with Crippen molar-refractivity contribution < 1.29 is 27.5 Å². The first kappa shape index (κ1) is 28.7. The number of halogens is 4. The first-order chi connectivity index (χ1) is 18.5. The number of hydrogen-bond acceptors (Lipinski definition) is 6. The summed E-state index contributed by atoms with van der Waals surface area (Å²) in [5, 5.41) is 2.55. The van der Waals surface area contributed by atoms with Crippen LogP contribution in [-0.2, 0) is 11.2 Å². The second-order valence-electron chi connectivity index (χ2n) is 9.37. The molecule has 0 atom stereocenters. The Hall–Kier alpha value is -3.27. The van der Waals surface area contributed by atoms with Crippen LogP contribution in [0.2, 0.25) is 0 Å². The highest BCUT2D eigenvalue weighted by molar-refractivity contribution is 7.11. The number of nitrogens with zero attached hydrogens (tertiary/aromatic N) is 2. The van der Waals surface area contributed by atoms with E-state index in [-0.39, 0.29) is 45.8 Å². The molecule has 0 saturated carbocycles. The van der Waals surface area contributed by atoms with E-state index in [2.05, 4.69) is 4.98 Å². The Balaban J connectivity index is 0.00000112. The van der Waals surface area contributed by atoms with Gasteiger partial charge >= 0.3 is 12.5 Å². The average Bonchev–Trinajstić information content (AvgIpc) is 3.57. The molecule has 0 amide bonds. The summed E-state index contributed by atoms with van der Waals surface area (Å²) in [6.45, 7) is 2.25. The van der Waals surface area contributed by atoms with Crippen LogP contribution in [-0.4, -0.2) is 32.2 Å². The fourth-order valence-electron chi connectivity index (χ4n) is 4.03. The van der Waals surface area contributed by atoms with Gasteiger partial charge in [-0.3, -0.25) is 9.36 Å². The highest BCUT2D eigenvalue weighted by atomic mass is 35.5. The number of Topliss-reactive ketones (excluding diaryl/α,β-unsaturated/α-hetero) is 1. The molecule has 0 aliphatic carbocycles. The maximum atomic E-state index is 14.2. The fraction of sp³-hybridized carbons (Fsp3) is 0.250. The minimum atomic E-state index is -2.89. The van der Waals surface area contributed by atoms with E-state index < -0.39 is 18.1 Å². The summed E-state index contributed by atoms with van der Waals surface area (Å²) in [7, 11) is 0. The van der Waals surface area contributed by atoms with Gasteiger partial charge in [0, 0.05) is 27.6 Å². The Morgan fingerprint density at radius 3 is 2.44 bits per heavy atom. The number of esters is 1. The Morgan fingerprint density at radius 1 is 1.10 bits per heavy atom. The molecule has 204 valence electrons. The zero-order valence-corrected chi connectivity index (χ0v) is 23.5. The summed E-state index contributed by atoms with van der Waals surface area (Å²) in [6.07, 6.45) is -0.159. The molecule has 0 saturated heterocycles. The maximum absolute atomic E-state index is 14.2. The number of rotatable bonds is 6. The minimum Gasteiger partial charge on any atom is -0.456 e. The number of carbonyl (C=O) groups excluding carboxylic acids is 2.